The highest BCUT2D eigenvalue weighted by atomic mass is 32.1. The molecule has 0 amide bonds. The molecule has 0 bridgehead atoms. The molecule has 218 valence electrons. The highest BCUT2D eigenvalue weighted by Gasteiger charge is 2.16. The standard InChI is InChI=1S/C34H35N3O3S.H2S/c1-5-6-26(19-27-20-35-37-36-27)25-8-10-28(11-9-25)40-21-24-7-14-33-31(18-24)32(22-41-33)30-13-12-29(17-23(30)2)39-16-15-34(3,4)38;/h7-14,17-18,22,26,38H,15-16,19-21H2,1-4H3;1H2/t26-;/m0./s1. The number of benzene rings is 3. The molecule has 1 aliphatic rings. The lowest BCUT2D eigenvalue weighted by molar-refractivity contribution is 0.0553. The number of hydrogen-bond acceptors (Lipinski definition) is 7. The van der Waals surface area contributed by atoms with Gasteiger partial charge in [-0.25, -0.2) is 0 Å². The van der Waals surface area contributed by atoms with E-state index in [2.05, 4.69) is 82.0 Å². The minimum absolute atomic E-state index is 0. The molecule has 1 aromatic heterocycles. The SMILES string of the molecule is CC#C[C@@H](CC1=NN=NC1)c1ccc(OCc2ccc3scc(-c4ccc(OCCC(C)(C)O)cc4C)c3c2)cc1.S. The quantitative estimate of drug-likeness (QED) is 0.176. The Morgan fingerprint density at radius 2 is 1.79 bits per heavy atom. The zero-order valence-electron chi connectivity index (χ0n) is 24.5. The smallest absolute Gasteiger partial charge is 0.119 e. The molecule has 0 saturated carbocycles. The number of rotatable bonds is 11. The van der Waals surface area contributed by atoms with Crippen LogP contribution in [0.25, 0.3) is 21.2 Å². The molecule has 4 aromatic rings. The van der Waals surface area contributed by atoms with Crippen molar-refractivity contribution in [1.82, 2.24) is 0 Å². The number of fused-ring (bicyclic) bond motifs is 1. The fourth-order valence-corrected chi connectivity index (χ4v) is 5.73. The van der Waals surface area contributed by atoms with Crippen LogP contribution in [0.4, 0.5) is 0 Å². The molecule has 0 saturated heterocycles. The molecular weight excluding hydrogens is 563 g/mol. The second-order valence-corrected chi connectivity index (χ2v) is 11.8. The lowest BCUT2D eigenvalue weighted by Crippen LogP contribution is -2.21. The predicted octanol–water partition coefficient (Wildman–Crippen LogP) is 8.43. The Bertz CT molecular complexity index is 1640. The van der Waals surface area contributed by atoms with Crippen LogP contribution in [0.2, 0.25) is 0 Å². The Hall–Kier alpha value is -3.64. The molecule has 6 nitrogen and oxygen atoms in total. The van der Waals surface area contributed by atoms with Crippen LogP contribution in [0.5, 0.6) is 11.5 Å². The van der Waals surface area contributed by atoms with Crippen molar-refractivity contribution in [2.75, 3.05) is 13.2 Å². The Morgan fingerprint density at radius 1 is 1.00 bits per heavy atom. The molecular formula is C34H37N3O3S2. The first-order valence-electron chi connectivity index (χ1n) is 13.8. The minimum Gasteiger partial charge on any atom is -0.493 e. The molecule has 3 aromatic carbocycles. The summed E-state index contributed by atoms with van der Waals surface area (Å²) in [5, 5.41) is 25.2. The minimum atomic E-state index is -0.735. The van der Waals surface area contributed by atoms with Crippen molar-refractivity contribution in [2.24, 2.45) is 15.4 Å². The van der Waals surface area contributed by atoms with E-state index in [0.717, 1.165) is 40.3 Å². The van der Waals surface area contributed by atoms with Crippen molar-refractivity contribution >= 4 is 40.6 Å². The second kappa shape index (κ2) is 14.0. The molecule has 2 heterocycles. The molecule has 0 fully saturated rings. The summed E-state index contributed by atoms with van der Waals surface area (Å²) in [4.78, 5) is 0. The van der Waals surface area contributed by atoms with Gasteiger partial charge in [-0.3, -0.25) is 0 Å². The first kappa shape index (κ1) is 31.3. The molecule has 5 rings (SSSR count). The molecule has 0 aliphatic carbocycles. The van der Waals surface area contributed by atoms with Gasteiger partial charge in [-0.2, -0.15) is 18.6 Å². The highest BCUT2D eigenvalue weighted by molar-refractivity contribution is 7.59. The summed E-state index contributed by atoms with van der Waals surface area (Å²) in [6.07, 6.45) is 1.31. The van der Waals surface area contributed by atoms with E-state index >= 15 is 0 Å². The summed E-state index contributed by atoms with van der Waals surface area (Å²) in [5.74, 6) is 8.03. The first-order chi connectivity index (χ1) is 19.8. The van der Waals surface area contributed by atoms with E-state index in [1.165, 1.54) is 21.2 Å². The maximum absolute atomic E-state index is 9.94. The highest BCUT2D eigenvalue weighted by Crippen LogP contribution is 2.37. The third-order valence-electron chi connectivity index (χ3n) is 7.06. The van der Waals surface area contributed by atoms with Gasteiger partial charge in [0, 0.05) is 28.5 Å². The predicted molar refractivity (Wildman–Crippen MR) is 178 cm³/mol. The Balaban J connectivity index is 0.00000405. The van der Waals surface area contributed by atoms with E-state index in [0.29, 0.717) is 26.2 Å². The van der Waals surface area contributed by atoms with Crippen LogP contribution < -0.4 is 9.47 Å². The number of nitrogens with zero attached hydrogens (tertiary/aromatic N) is 3. The van der Waals surface area contributed by atoms with E-state index in [4.69, 9.17) is 9.47 Å². The third-order valence-corrected chi connectivity index (χ3v) is 8.02. The number of ether oxygens (including phenoxy) is 2. The zero-order valence-corrected chi connectivity index (χ0v) is 26.3. The summed E-state index contributed by atoms with van der Waals surface area (Å²) in [7, 11) is 0. The average Bonchev–Trinajstić information content (AvgIpc) is 3.61. The fourth-order valence-electron chi connectivity index (χ4n) is 4.79. The van der Waals surface area contributed by atoms with Gasteiger partial charge in [-0.05, 0) is 97.0 Å². The van der Waals surface area contributed by atoms with Crippen LogP contribution in [-0.2, 0) is 6.61 Å². The van der Waals surface area contributed by atoms with Gasteiger partial charge in [0.2, 0.25) is 0 Å². The maximum Gasteiger partial charge on any atom is 0.119 e. The Kier molecular flexibility index (Phi) is 10.4. The molecule has 0 unspecified atom stereocenters. The lowest BCUT2D eigenvalue weighted by atomic mass is 9.94. The van der Waals surface area contributed by atoms with E-state index in [-0.39, 0.29) is 19.4 Å². The number of aliphatic hydroxyl groups is 1. The molecule has 8 heteroatoms. The van der Waals surface area contributed by atoms with E-state index < -0.39 is 5.60 Å². The van der Waals surface area contributed by atoms with Gasteiger partial charge in [0.25, 0.3) is 0 Å². The molecule has 42 heavy (non-hydrogen) atoms. The number of hydrogen-bond donors (Lipinski definition) is 1. The average molecular weight is 600 g/mol. The summed E-state index contributed by atoms with van der Waals surface area (Å²) >= 11 is 1.75. The van der Waals surface area contributed by atoms with Gasteiger partial charge >= 0.3 is 0 Å². The fraction of sp³-hybridized carbons (Fsp3) is 0.324. The Labute approximate surface area is 258 Å². The van der Waals surface area contributed by atoms with Crippen molar-refractivity contribution in [2.45, 2.75) is 58.7 Å². The monoisotopic (exact) mass is 599 g/mol. The second-order valence-electron chi connectivity index (χ2n) is 10.9. The third kappa shape index (κ3) is 8.01. The van der Waals surface area contributed by atoms with Crippen LogP contribution in [-0.4, -0.2) is 29.6 Å². The van der Waals surface area contributed by atoms with Crippen molar-refractivity contribution < 1.29 is 14.6 Å². The summed E-state index contributed by atoms with van der Waals surface area (Å²) in [6.45, 7) is 9.08. The van der Waals surface area contributed by atoms with Crippen LogP contribution in [0.3, 0.4) is 0 Å². The topological polar surface area (TPSA) is 75.8 Å². The van der Waals surface area contributed by atoms with Crippen molar-refractivity contribution in [3.05, 3.63) is 82.7 Å². The van der Waals surface area contributed by atoms with E-state index in [1.54, 1.807) is 25.2 Å². The largest absolute Gasteiger partial charge is 0.493 e. The van der Waals surface area contributed by atoms with Gasteiger partial charge in [0.1, 0.15) is 24.7 Å². The van der Waals surface area contributed by atoms with Gasteiger partial charge in [0.05, 0.1) is 23.8 Å². The van der Waals surface area contributed by atoms with Gasteiger partial charge < -0.3 is 14.6 Å². The Morgan fingerprint density at radius 3 is 2.48 bits per heavy atom. The summed E-state index contributed by atoms with van der Waals surface area (Å²) in [6, 6.07) is 20.9. The van der Waals surface area contributed by atoms with Crippen LogP contribution >= 0.6 is 24.8 Å². The summed E-state index contributed by atoms with van der Waals surface area (Å²) < 4.78 is 13.3. The molecule has 1 N–H and O–H groups in total. The van der Waals surface area contributed by atoms with Gasteiger partial charge in [0.15, 0.2) is 0 Å². The van der Waals surface area contributed by atoms with Crippen LogP contribution in [0.1, 0.15) is 56.2 Å². The van der Waals surface area contributed by atoms with Crippen molar-refractivity contribution in [1.29, 1.82) is 0 Å². The van der Waals surface area contributed by atoms with Crippen LogP contribution in [0, 0.1) is 18.8 Å². The van der Waals surface area contributed by atoms with E-state index in [1.807, 2.05) is 25.1 Å². The molecule has 1 atom stereocenters. The lowest BCUT2D eigenvalue weighted by Gasteiger charge is -2.17. The van der Waals surface area contributed by atoms with Gasteiger partial charge in [-0.15, -0.1) is 22.4 Å². The number of thiophene rings is 1. The van der Waals surface area contributed by atoms with E-state index in [9.17, 15) is 5.11 Å². The molecule has 1 aliphatic heterocycles. The molecule has 0 spiro atoms. The molecule has 0 radical (unpaired) electrons. The zero-order chi connectivity index (χ0) is 28.8. The first-order valence-corrected chi connectivity index (χ1v) is 14.7. The van der Waals surface area contributed by atoms with Crippen LogP contribution in [0.15, 0.2) is 81.5 Å². The van der Waals surface area contributed by atoms with Crippen molar-refractivity contribution in [3.8, 4) is 34.5 Å². The van der Waals surface area contributed by atoms with Gasteiger partial charge in [-0.1, -0.05) is 30.2 Å². The van der Waals surface area contributed by atoms with Crippen molar-refractivity contribution in [3.63, 3.8) is 0 Å². The normalized spacial score (nSPS) is 13.2. The summed E-state index contributed by atoms with van der Waals surface area (Å²) in [5.41, 5.74) is 6.04. The number of aryl methyl sites for hydroxylation is 1. The maximum atomic E-state index is 9.94.